The molecule has 2 aromatic carbocycles. The van der Waals surface area contributed by atoms with E-state index >= 15 is 0 Å². The van der Waals surface area contributed by atoms with Gasteiger partial charge in [0.2, 0.25) is 0 Å². The molecule has 2 heterocycles. The topological polar surface area (TPSA) is 67.2 Å². The minimum absolute atomic E-state index is 0.267. The second kappa shape index (κ2) is 7.51. The van der Waals surface area contributed by atoms with Crippen molar-refractivity contribution in [1.82, 2.24) is 10.3 Å². The molecule has 4 rings (SSSR count). The normalized spacial score (nSPS) is 10.7. The van der Waals surface area contributed by atoms with E-state index in [1.807, 2.05) is 48.5 Å². The highest BCUT2D eigenvalue weighted by atomic mass is 35.5. The van der Waals surface area contributed by atoms with E-state index in [9.17, 15) is 4.79 Å². The van der Waals surface area contributed by atoms with Gasteiger partial charge in [0.25, 0.3) is 5.91 Å². The molecule has 0 aliphatic rings. The van der Waals surface area contributed by atoms with Gasteiger partial charge in [0, 0.05) is 23.3 Å². The molecule has 0 radical (unpaired) electrons. The zero-order valence-electron chi connectivity index (χ0n) is 14.3. The van der Waals surface area contributed by atoms with E-state index in [2.05, 4.69) is 15.6 Å². The number of nitrogens with one attached hydrogen (secondary N) is 2. The van der Waals surface area contributed by atoms with E-state index < -0.39 is 0 Å². The Kier molecular flexibility index (Phi) is 4.77. The van der Waals surface area contributed by atoms with Crippen LogP contribution < -0.4 is 10.6 Å². The Morgan fingerprint density at radius 1 is 1.04 bits per heavy atom. The second-order valence-corrected chi connectivity index (χ2v) is 6.43. The molecule has 27 heavy (non-hydrogen) atoms. The van der Waals surface area contributed by atoms with Gasteiger partial charge in [-0.3, -0.25) is 4.79 Å². The minimum Gasteiger partial charge on any atom is -0.464 e. The van der Waals surface area contributed by atoms with Gasteiger partial charge in [0.05, 0.1) is 11.6 Å². The van der Waals surface area contributed by atoms with Crippen molar-refractivity contribution in [3.05, 3.63) is 89.3 Å². The zero-order chi connectivity index (χ0) is 18.6. The molecular weight excluding hydrogens is 362 g/mol. The summed E-state index contributed by atoms with van der Waals surface area (Å²) in [5, 5.41) is 7.55. The number of hydrogen-bond donors (Lipinski definition) is 2. The highest BCUT2D eigenvalue weighted by Gasteiger charge is 2.14. The Bertz CT molecular complexity index is 1080. The predicted molar refractivity (Wildman–Crippen MR) is 106 cm³/mol. The molecule has 0 unspecified atom stereocenters. The fraction of sp³-hybridized carbons (Fsp3) is 0.0476. The van der Waals surface area contributed by atoms with E-state index in [4.69, 9.17) is 16.0 Å². The summed E-state index contributed by atoms with van der Waals surface area (Å²) in [6.07, 6.45) is 1.57. The lowest BCUT2D eigenvalue weighted by molar-refractivity contribution is 0.0946. The van der Waals surface area contributed by atoms with E-state index in [-0.39, 0.29) is 11.6 Å². The van der Waals surface area contributed by atoms with Gasteiger partial charge in [-0.15, -0.1) is 0 Å². The lowest BCUT2D eigenvalue weighted by atomic mass is 10.2. The average Bonchev–Trinajstić information content (AvgIpc) is 3.17. The highest BCUT2D eigenvalue weighted by molar-refractivity contribution is 6.30. The summed E-state index contributed by atoms with van der Waals surface area (Å²) in [5.74, 6) is 0.282. The van der Waals surface area contributed by atoms with Gasteiger partial charge in [0.1, 0.15) is 17.1 Å². The van der Waals surface area contributed by atoms with Crippen molar-refractivity contribution in [1.29, 1.82) is 0 Å². The van der Waals surface area contributed by atoms with Crippen molar-refractivity contribution in [2.75, 3.05) is 5.32 Å². The first-order valence-corrected chi connectivity index (χ1v) is 8.80. The molecule has 6 heteroatoms. The van der Waals surface area contributed by atoms with E-state index in [1.54, 1.807) is 24.5 Å². The predicted octanol–water partition coefficient (Wildman–Crippen LogP) is 5.15. The summed E-state index contributed by atoms with van der Waals surface area (Å²) >= 11 is 5.93. The monoisotopic (exact) mass is 377 g/mol. The van der Waals surface area contributed by atoms with Gasteiger partial charge in [-0.1, -0.05) is 41.9 Å². The number of benzene rings is 2. The first kappa shape index (κ1) is 17.1. The standard InChI is InChI=1S/C21H16ClN3O2/c22-15-6-8-16(9-7-15)24-20-17-10-11-27-19(17)12-18(25-20)21(26)23-13-14-4-2-1-3-5-14/h1-12H,13H2,(H,23,26)(H,24,25). The van der Waals surface area contributed by atoms with Crippen LogP contribution >= 0.6 is 11.6 Å². The van der Waals surface area contributed by atoms with Crippen LogP contribution in [0.5, 0.6) is 0 Å². The van der Waals surface area contributed by atoms with Crippen molar-refractivity contribution >= 4 is 40.0 Å². The molecule has 0 atom stereocenters. The van der Waals surface area contributed by atoms with Crippen LogP contribution in [0.4, 0.5) is 11.5 Å². The fourth-order valence-electron chi connectivity index (χ4n) is 2.72. The Balaban J connectivity index is 1.59. The number of carbonyl (C=O) groups is 1. The number of hydrogen-bond acceptors (Lipinski definition) is 4. The maximum atomic E-state index is 12.6. The first-order chi connectivity index (χ1) is 13.2. The van der Waals surface area contributed by atoms with E-state index in [0.29, 0.717) is 23.0 Å². The minimum atomic E-state index is -0.267. The van der Waals surface area contributed by atoms with Gasteiger partial charge >= 0.3 is 0 Å². The average molecular weight is 378 g/mol. The van der Waals surface area contributed by atoms with Gasteiger partial charge in [-0.05, 0) is 35.9 Å². The molecule has 0 saturated heterocycles. The van der Waals surface area contributed by atoms with Crippen LogP contribution in [0, 0.1) is 0 Å². The van der Waals surface area contributed by atoms with Crippen molar-refractivity contribution in [3.63, 3.8) is 0 Å². The van der Waals surface area contributed by atoms with Crippen LogP contribution in [0.1, 0.15) is 16.1 Å². The van der Waals surface area contributed by atoms with Crippen molar-refractivity contribution in [2.45, 2.75) is 6.54 Å². The van der Waals surface area contributed by atoms with Gasteiger partial charge in [-0.25, -0.2) is 4.98 Å². The van der Waals surface area contributed by atoms with Crippen molar-refractivity contribution in [2.24, 2.45) is 0 Å². The van der Waals surface area contributed by atoms with Crippen LogP contribution in [-0.4, -0.2) is 10.9 Å². The molecule has 0 saturated carbocycles. The highest BCUT2D eigenvalue weighted by Crippen LogP contribution is 2.27. The Labute approximate surface area is 161 Å². The molecule has 2 aromatic heterocycles. The molecular formula is C21H16ClN3O2. The van der Waals surface area contributed by atoms with E-state index in [1.165, 1.54) is 0 Å². The molecule has 0 bridgehead atoms. The number of halogens is 1. The van der Waals surface area contributed by atoms with Crippen LogP contribution in [0.25, 0.3) is 11.0 Å². The maximum Gasteiger partial charge on any atom is 0.270 e. The third-order valence-electron chi connectivity index (χ3n) is 4.09. The molecule has 4 aromatic rings. The van der Waals surface area contributed by atoms with Crippen LogP contribution in [-0.2, 0) is 6.54 Å². The summed E-state index contributed by atoms with van der Waals surface area (Å²) in [4.78, 5) is 17.1. The SMILES string of the molecule is O=C(NCc1ccccc1)c1cc2occc2c(Nc2ccc(Cl)cc2)n1. The number of fused-ring (bicyclic) bond motifs is 1. The molecule has 2 N–H and O–H groups in total. The molecule has 0 aliphatic carbocycles. The summed E-state index contributed by atoms with van der Waals surface area (Å²) in [6.45, 7) is 0.428. The molecule has 0 fully saturated rings. The third-order valence-corrected chi connectivity index (χ3v) is 4.34. The van der Waals surface area contributed by atoms with Crippen molar-refractivity contribution in [3.8, 4) is 0 Å². The Hall–Kier alpha value is -3.31. The number of furan rings is 1. The largest absolute Gasteiger partial charge is 0.464 e. The molecule has 134 valence electrons. The van der Waals surface area contributed by atoms with Gasteiger partial charge < -0.3 is 15.1 Å². The lowest BCUT2D eigenvalue weighted by Crippen LogP contribution is -2.24. The Morgan fingerprint density at radius 2 is 1.81 bits per heavy atom. The number of rotatable bonds is 5. The van der Waals surface area contributed by atoms with Gasteiger partial charge in [-0.2, -0.15) is 0 Å². The Morgan fingerprint density at radius 3 is 2.59 bits per heavy atom. The zero-order valence-corrected chi connectivity index (χ0v) is 15.0. The van der Waals surface area contributed by atoms with Crippen LogP contribution in [0.15, 0.2) is 77.4 Å². The number of carbonyl (C=O) groups excluding carboxylic acids is 1. The quantitative estimate of drug-likeness (QED) is 0.504. The number of pyridine rings is 1. The second-order valence-electron chi connectivity index (χ2n) is 5.99. The summed E-state index contributed by atoms with van der Waals surface area (Å²) < 4.78 is 5.49. The number of amides is 1. The van der Waals surface area contributed by atoms with Crippen LogP contribution in [0.2, 0.25) is 5.02 Å². The maximum absolute atomic E-state index is 12.6. The number of nitrogens with zero attached hydrogens (tertiary/aromatic N) is 1. The summed E-state index contributed by atoms with van der Waals surface area (Å²) in [5.41, 5.74) is 2.71. The van der Waals surface area contributed by atoms with E-state index in [0.717, 1.165) is 16.6 Å². The van der Waals surface area contributed by atoms with Crippen molar-refractivity contribution < 1.29 is 9.21 Å². The lowest BCUT2D eigenvalue weighted by Gasteiger charge is -2.10. The molecule has 5 nitrogen and oxygen atoms in total. The van der Waals surface area contributed by atoms with Crippen LogP contribution in [0.3, 0.4) is 0 Å². The number of anilines is 2. The third kappa shape index (κ3) is 3.93. The smallest absolute Gasteiger partial charge is 0.270 e. The summed E-state index contributed by atoms with van der Waals surface area (Å²) in [6, 6.07) is 20.4. The molecule has 0 spiro atoms. The first-order valence-electron chi connectivity index (χ1n) is 8.42. The fourth-order valence-corrected chi connectivity index (χ4v) is 2.84. The summed E-state index contributed by atoms with van der Waals surface area (Å²) in [7, 11) is 0. The molecule has 0 aliphatic heterocycles. The number of aromatic nitrogens is 1. The van der Waals surface area contributed by atoms with Gasteiger partial charge in [0.15, 0.2) is 0 Å². The molecule has 1 amide bonds.